The molecule has 0 radical (unpaired) electrons. The topological polar surface area (TPSA) is 72.5 Å². The average molecular weight is 399 g/mol. The van der Waals surface area contributed by atoms with Crippen molar-refractivity contribution in [3.63, 3.8) is 0 Å². The molecular formula is C15H20F3NO4S2. The molecule has 0 spiro atoms. The van der Waals surface area contributed by atoms with Crippen molar-refractivity contribution < 1.29 is 31.1 Å². The van der Waals surface area contributed by atoms with Gasteiger partial charge in [-0.3, -0.25) is 4.79 Å². The highest BCUT2D eigenvalue weighted by Gasteiger charge is 2.33. The van der Waals surface area contributed by atoms with E-state index in [1.807, 2.05) is 0 Å². The van der Waals surface area contributed by atoms with Gasteiger partial charge in [-0.25, -0.2) is 8.42 Å². The van der Waals surface area contributed by atoms with Crippen LogP contribution in [0.5, 0.6) is 0 Å². The molecule has 1 N–H and O–H groups in total. The Morgan fingerprint density at radius 3 is 2.48 bits per heavy atom. The maximum Gasteiger partial charge on any atom is 0.416 e. The quantitative estimate of drug-likeness (QED) is 0.681. The summed E-state index contributed by atoms with van der Waals surface area (Å²) in [6.07, 6.45) is -3.17. The summed E-state index contributed by atoms with van der Waals surface area (Å²) in [7, 11) is -4.31. The number of carbonyl (C=O) groups is 1. The highest BCUT2D eigenvalue weighted by Crippen LogP contribution is 2.30. The summed E-state index contributed by atoms with van der Waals surface area (Å²) in [5, 5.41) is 0. The zero-order valence-electron chi connectivity index (χ0n) is 14.0. The van der Waals surface area contributed by atoms with Gasteiger partial charge in [0.1, 0.15) is 6.04 Å². The maximum absolute atomic E-state index is 12.8. The lowest BCUT2D eigenvalue weighted by Crippen LogP contribution is -2.43. The third-order valence-corrected chi connectivity index (χ3v) is 5.13. The number of esters is 1. The molecule has 0 aromatic heterocycles. The van der Waals surface area contributed by atoms with E-state index in [2.05, 4.69) is 4.72 Å². The Labute approximate surface area is 149 Å². The monoisotopic (exact) mass is 399 g/mol. The van der Waals surface area contributed by atoms with Gasteiger partial charge in [0.05, 0.1) is 16.6 Å². The fourth-order valence-corrected chi connectivity index (χ4v) is 3.61. The summed E-state index contributed by atoms with van der Waals surface area (Å²) < 4.78 is 70.2. The van der Waals surface area contributed by atoms with Gasteiger partial charge in [-0.1, -0.05) is 6.07 Å². The molecule has 0 saturated heterocycles. The molecular weight excluding hydrogens is 379 g/mol. The van der Waals surface area contributed by atoms with E-state index in [0.29, 0.717) is 11.8 Å². The van der Waals surface area contributed by atoms with Crippen molar-refractivity contribution in [1.82, 2.24) is 4.72 Å². The van der Waals surface area contributed by atoms with E-state index in [4.69, 9.17) is 4.74 Å². The molecule has 0 aliphatic carbocycles. The standard InChI is InChI=1S/C15H20F3NO4S2/c1-10(2)23-14(20)13(7-8-24-3)19-25(21,22)12-6-4-5-11(9-12)15(16,17)18/h4-6,9-10,13,19H,7-8H2,1-3H3/t13-/m0/s1. The van der Waals surface area contributed by atoms with Crippen molar-refractivity contribution in [3.05, 3.63) is 29.8 Å². The van der Waals surface area contributed by atoms with Crippen LogP contribution in [0, 0.1) is 0 Å². The van der Waals surface area contributed by atoms with Crippen molar-refractivity contribution in [1.29, 1.82) is 0 Å². The maximum atomic E-state index is 12.8. The second kappa shape index (κ2) is 8.91. The van der Waals surface area contributed by atoms with Crippen LogP contribution in [0.4, 0.5) is 13.2 Å². The Morgan fingerprint density at radius 2 is 1.96 bits per heavy atom. The van der Waals surface area contributed by atoms with Gasteiger partial charge in [-0.05, 0) is 50.5 Å². The van der Waals surface area contributed by atoms with Crippen LogP contribution in [-0.2, 0) is 25.7 Å². The first kappa shape index (κ1) is 21.8. The Kier molecular flexibility index (Phi) is 7.76. The number of hydrogen-bond donors (Lipinski definition) is 1. The molecule has 0 aliphatic heterocycles. The van der Waals surface area contributed by atoms with Gasteiger partial charge in [-0.15, -0.1) is 0 Å². The molecule has 0 aliphatic rings. The molecule has 10 heteroatoms. The van der Waals surface area contributed by atoms with Gasteiger partial charge in [0.15, 0.2) is 0 Å². The second-order valence-electron chi connectivity index (χ2n) is 5.47. The fraction of sp³-hybridized carbons (Fsp3) is 0.533. The van der Waals surface area contributed by atoms with E-state index < -0.39 is 44.8 Å². The molecule has 25 heavy (non-hydrogen) atoms. The Bertz CT molecular complexity index is 690. The van der Waals surface area contributed by atoms with E-state index >= 15 is 0 Å². The molecule has 5 nitrogen and oxygen atoms in total. The largest absolute Gasteiger partial charge is 0.462 e. The lowest BCUT2D eigenvalue weighted by molar-refractivity contribution is -0.149. The zero-order valence-corrected chi connectivity index (χ0v) is 15.6. The van der Waals surface area contributed by atoms with Crippen molar-refractivity contribution in [2.45, 2.75) is 43.5 Å². The molecule has 0 unspecified atom stereocenters. The normalized spacial score (nSPS) is 13.7. The minimum Gasteiger partial charge on any atom is -0.462 e. The minimum atomic E-state index is -4.67. The number of hydrogen-bond acceptors (Lipinski definition) is 5. The van der Waals surface area contributed by atoms with E-state index in [9.17, 15) is 26.4 Å². The van der Waals surface area contributed by atoms with E-state index in [1.54, 1.807) is 20.1 Å². The van der Waals surface area contributed by atoms with Crippen LogP contribution in [0.25, 0.3) is 0 Å². The van der Waals surface area contributed by atoms with Crippen molar-refractivity contribution in [3.8, 4) is 0 Å². The first-order chi connectivity index (χ1) is 11.5. The molecule has 1 aromatic carbocycles. The Morgan fingerprint density at radius 1 is 1.32 bits per heavy atom. The van der Waals surface area contributed by atoms with E-state index in [0.717, 1.165) is 18.2 Å². The van der Waals surface area contributed by atoms with Crippen molar-refractivity contribution >= 4 is 27.8 Å². The highest BCUT2D eigenvalue weighted by atomic mass is 32.2. The summed E-state index contributed by atoms with van der Waals surface area (Å²) in [6, 6.07) is 2.17. The van der Waals surface area contributed by atoms with Gasteiger partial charge in [0.2, 0.25) is 10.0 Å². The second-order valence-corrected chi connectivity index (χ2v) is 8.17. The van der Waals surface area contributed by atoms with E-state index in [1.165, 1.54) is 11.8 Å². The van der Waals surface area contributed by atoms with Crippen LogP contribution in [0.1, 0.15) is 25.8 Å². The van der Waals surface area contributed by atoms with Crippen LogP contribution in [0.15, 0.2) is 29.2 Å². The van der Waals surface area contributed by atoms with Crippen LogP contribution in [-0.4, -0.2) is 38.5 Å². The number of ether oxygens (including phenoxy) is 1. The van der Waals surface area contributed by atoms with Gasteiger partial charge in [0, 0.05) is 0 Å². The highest BCUT2D eigenvalue weighted by molar-refractivity contribution is 7.98. The molecule has 0 saturated carbocycles. The SMILES string of the molecule is CSCC[C@H](NS(=O)(=O)c1cccc(C(F)(F)F)c1)C(=O)OC(C)C. The molecule has 1 aromatic rings. The van der Waals surface area contributed by atoms with E-state index in [-0.39, 0.29) is 6.42 Å². The average Bonchev–Trinajstić information content (AvgIpc) is 2.50. The number of halogens is 3. The molecule has 1 rings (SSSR count). The molecule has 0 amide bonds. The van der Waals surface area contributed by atoms with Crippen LogP contribution in [0.3, 0.4) is 0 Å². The van der Waals surface area contributed by atoms with Crippen LogP contribution in [0.2, 0.25) is 0 Å². The Hall–Kier alpha value is -1.26. The lowest BCUT2D eigenvalue weighted by atomic mass is 10.2. The van der Waals surface area contributed by atoms with Crippen molar-refractivity contribution in [2.75, 3.05) is 12.0 Å². The number of benzene rings is 1. The van der Waals surface area contributed by atoms with Gasteiger partial charge in [0.25, 0.3) is 0 Å². The molecule has 0 bridgehead atoms. The Balaban J connectivity index is 3.07. The lowest BCUT2D eigenvalue weighted by Gasteiger charge is -2.19. The number of sulfonamides is 1. The minimum absolute atomic E-state index is 0.158. The number of carbonyl (C=O) groups excluding carboxylic acids is 1. The number of thioether (sulfide) groups is 1. The third-order valence-electron chi connectivity index (χ3n) is 3.02. The van der Waals surface area contributed by atoms with Gasteiger partial charge < -0.3 is 4.74 Å². The first-order valence-corrected chi connectivity index (χ1v) is 10.2. The summed E-state index contributed by atoms with van der Waals surface area (Å²) in [6.45, 7) is 3.23. The third kappa shape index (κ3) is 6.87. The predicted molar refractivity (Wildman–Crippen MR) is 89.8 cm³/mol. The number of rotatable bonds is 8. The summed E-state index contributed by atoms with van der Waals surface area (Å²) in [5.74, 6) is -0.289. The van der Waals surface area contributed by atoms with Crippen LogP contribution >= 0.6 is 11.8 Å². The smallest absolute Gasteiger partial charge is 0.416 e. The van der Waals surface area contributed by atoms with Gasteiger partial charge >= 0.3 is 12.1 Å². The predicted octanol–water partition coefficient (Wildman–Crippen LogP) is 3.06. The summed E-state index contributed by atoms with van der Waals surface area (Å²) >= 11 is 1.40. The number of nitrogens with one attached hydrogen (secondary N) is 1. The molecule has 1 atom stereocenters. The molecule has 0 heterocycles. The summed E-state index contributed by atoms with van der Waals surface area (Å²) in [5.41, 5.74) is -1.08. The molecule has 142 valence electrons. The fourth-order valence-electron chi connectivity index (χ4n) is 1.87. The van der Waals surface area contributed by atoms with Crippen LogP contribution < -0.4 is 4.72 Å². The number of alkyl halides is 3. The zero-order chi connectivity index (χ0) is 19.3. The molecule has 0 fully saturated rings. The first-order valence-electron chi connectivity index (χ1n) is 7.36. The van der Waals surface area contributed by atoms with Crippen molar-refractivity contribution in [2.24, 2.45) is 0 Å². The summed E-state index contributed by atoms with van der Waals surface area (Å²) in [4.78, 5) is 11.5. The van der Waals surface area contributed by atoms with Gasteiger partial charge in [-0.2, -0.15) is 29.7 Å².